The Bertz CT molecular complexity index is 928. The van der Waals surface area contributed by atoms with Gasteiger partial charge in [0.2, 0.25) is 5.92 Å². The summed E-state index contributed by atoms with van der Waals surface area (Å²) in [5, 5.41) is 3.48. The first kappa shape index (κ1) is 20.3. The minimum absolute atomic E-state index is 0.214. The predicted octanol–water partition coefficient (Wildman–Crippen LogP) is 4.13. The van der Waals surface area contributed by atoms with Gasteiger partial charge in [0.05, 0.1) is 5.39 Å². The van der Waals surface area contributed by atoms with E-state index in [2.05, 4.69) is 5.32 Å². The van der Waals surface area contributed by atoms with E-state index < -0.39 is 17.7 Å². The van der Waals surface area contributed by atoms with Crippen molar-refractivity contribution in [3.05, 3.63) is 39.7 Å². The van der Waals surface area contributed by atoms with Gasteiger partial charge in [0.1, 0.15) is 11.3 Å². The summed E-state index contributed by atoms with van der Waals surface area (Å²) in [5.74, 6) is -2.52. The minimum Gasteiger partial charge on any atom is -0.480 e. The van der Waals surface area contributed by atoms with Gasteiger partial charge < -0.3 is 14.5 Å². The molecule has 1 aromatic heterocycles. The number of benzene rings is 1. The third-order valence-corrected chi connectivity index (χ3v) is 5.15. The Morgan fingerprint density at radius 2 is 2.00 bits per heavy atom. The van der Waals surface area contributed by atoms with E-state index in [0.717, 1.165) is 11.1 Å². The van der Waals surface area contributed by atoms with Crippen molar-refractivity contribution in [1.29, 1.82) is 0 Å². The van der Waals surface area contributed by atoms with E-state index in [1.54, 1.807) is 19.1 Å². The summed E-state index contributed by atoms with van der Waals surface area (Å²) in [6.45, 7) is 5.39. The van der Waals surface area contributed by atoms with Crippen molar-refractivity contribution in [3.63, 3.8) is 0 Å². The average molecular weight is 393 g/mol. The number of aryl methyl sites for hydroxylation is 2. The van der Waals surface area contributed by atoms with Crippen LogP contribution in [0.1, 0.15) is 50.7 Å². The van der Waals surface area contributed by atoms with Crippen molar-refractivity contribution < 1.29 is 22.7 Å². The van der Waals surface area contributed by atoms with Gasteiger partial charge >= 0.3 is 5.63 Å². The first-order chi connectivity index (χ1) is 13.2. The molecule has 3 rings (SSSR count). The maximum atomic E-state index is 13.3. The molecule has 1 aliphatic carbocycles. The fraction of sp³-hybridized carbons (Fsp3) is 0.524. The van der Waals surface area contributed by atoms with Gasteiger partial charge in [-0.3, -0.25) is 4.79 Å². The smallest absolute Gasteiger partial charge is 0.336 e. The molecule has 28 heavy (non-hydrogen) atoms. The van der Waals surface area contributed by atoms with Crippen LogP contribution in [0.15, 0.2) is 27.4 Å². The SMILES string of the molecule is CCc1cc(=O)oc2cc(C)cc(OC(C)C(=O)NC3CCC(F)(F)CC3)c12. The summed E-state index contributed by atoms with van der Waals surface area (Å²) >= 11 is 0. The zero-order chi connectivity index (χ0) is 20.5. The zero-order valence-corrected chi connectivity index (χ0v) is 16.3. The van der Waals surface area contributed by atoms with Gasteiger partial charge in [0.15, 0.2) is 6.10 Å². The number of halogens is 2. The normalized spacial score (nSPS) is 18.0. The third-order valence-electron chi connectivity index (χ3n) is 5.15. The molecule has 1 fully saturated rings. The lowest BCUT2D eigenvalue weighted by Gasteiger charge is -2.29. The largest absolute Gasteiger partial charge is 0.480 e. The van der Waals surface area contributed by atoms with E-state index in [1.165, 1.54) is 6.07 Å². The second-order valence-corrected chi connectivity index (χ2v) is 7.48. The summed E-state index contributed by atoms with van der Waals surface area (Å²) in [5.41, 5.74) is 1.60. The number of hydrogen-bond donors (Lipinski definition) is 1. The van der Waals surface area contributed by atoms with Crippen molar-refractivity contribution >= 4 is 16.9 Å². The molecule has 5 nitrogen and oxygen atoms in total. The Hall–Kier alpha value is -2.44. The predicted molar refractivity (Wildman–Crippen MR) is 102 cm³/mol. The van der Waals surface area contributed by atoms with Crippen molar-refractivity contribution in [1.82, 2.24) is 5.32 Å². The average Bonchev–Trinajstić information content (AvgIpc) is 2.62. The lowest BCUT2D eigenvalue weighted by Crippen LogP contribution is -2.45. The summed E-state index contributed by atoms with van der Waals surface area (Å²) in [6, 6.07) is 4.72. The molecule has 7 heteroatoms. The number of carbonyl (C=O) groups excluding carboxylic acids is 1. The van der Waals surface area contributed by atoms with Crippen molar-refractivity contribution in [2.75, 3.05) is 0 Å². The van der Waals surface area contributed by atoms with Crippen LogP contribution in [0, 0.1) is 6.92 Å². The molecule has 0 spiro atoms. The van der Waals surface area contributed by atoms with E-state index in [1.807, 2.05) is 13.8 Å². The molecule has 1 atom stereocenters. The molecule has 0 radical (unpaired) electrons. The van der Waals surface area contributed by atoms with E-state index in [9.17, 15) is 18.4 Å². The molecule has 0 bridgehead atoms. The van der Waals surface area contributed by atoms with Crippen molar-refractivity contribution in [2.24, 2.45) is 0 Å². The molecular weight excluding hydrogens is 368 g/mol. The highest BCUT2D eigenvalue weighted by molar-refractivity contribution is 5.88. The lowest BCUT2D eigenvalue weighted by atomic mass is 9.92. The summed E-state index contributed by atoms with van der Waals surface area (Å²) in [6.07, 6.45) is -0.126. The number of fused-ring (bicyclic) bond motifs is 1. The van der Waals surface area contributed by atoms with Crippen LogP contribution in [0.3, 0.4) is 0 Å². The highest BCUT2D eigenvalue weighted by atomic mass is 19.3. The molecule has 1 N–H and O–H groups in total. The number of carbonyl (C=O) groups is 1. The Morgan fingerprint density at radius 1 is 1.32 bits per heavy atom. The number of hydrogen-bond acceptors (Lipinski definition) is 4. The number of rotatable bonds is 5. The molecule has 0 saturated heterocycles. The monoisotopic (exact) mass is 393 g/mol. The molecular formula is C21H25F2NO4. The summed E-state index contributed by atoms with van der Waals surface area (Å²) in [7, 11) is 0. The summed E-state index contributed by atoms with van der Waals surface area (Å²) < 4.78 is 37.8. The van der Waals surface area contributed by atoms with Gasteiger partial charge in [-0.15, -0.1) is 0 Å². The third kappa shape index (κ3) is 4.51. The van der Waals surface area contributed by atoms with E-state index in [-0.39, 0.29) is 37.6 Å². The Labute approximate surface area is 162 Å². The van der Waals surface area contributed by atoms with Crippen LogP contribution >= 0.6 is 0 Å². The fourth-order valence-corrected chi connectivity index (χ4v) is 3.59. The van der Waals surface area contributed by atoms with Crippen molar-refractivity contribution in [3.8, 4) is 5.75 Å². The number of nitrogens with one attached hydrogen (secondary N) is 1. The van der Waals surface area contributed by atoms with Gasteiger partial charge in [0, 0.05) is 24.9 Å². The van der Waals surface area contributed by atoms with Crippen LogP contribution < -0.4 is 15.7 Å². The molecule has 2 aromatic rings. The quantitative estimate of drug-likeness (QED) is 0.776. The van der Waals surface area contributed by atoms with Crippen LogP contribution in [0.4, 0.5) is 8.78 Å². The van der Waals surface area contributed by atoms with Gasteiger partial charge in [-0.25, -0.2) is 13.6 Å². The maximum absolute atomic E-state index is 13.3. The molecule has 1 amide bonds. The summed E-state index contributed by atoms with van der Waals surface area (Å²) in [4.78, 5) is 24.3. The topological polar surface area (TPSA) is 68.5 Å². The van der Waals surface area contributed by atoms with Crippen molar-refractivity contribution in [2.45, 2.75) is 70.9 Å². The van der Waals surface area contributed by atoms with Crippen LogP contribution in [0.25, 0.3) is 11.0 Å². The van der Waals surface area contributed by atoms with E-state index in [0.29, 0.717) is 23.1 Å². The molecule has 1 aromatic carbocycles. The number of amides is 1. The number of alkyl halides is 2. The Balaban J connectivity index is 1.78. The van der Waals surface area contributed by atoms with Crippen LogP contribution in [0.5, 0.6) is 5.75 Å². The molecule has 1 heterocycles. The molecule has 0 aliphatic heterocycles. The van der Waals surface area contributed by atoms with E-state index >= 15 is 0 Å². The minimum atomic E-state index is -2.63. The van der Waals surface area contributed by atoms with Gasteiger partial charge in [-0.2, -0.15) is 0 Å². The molecule has 1 saturated carbocycles. The highest BCUT2D eigenvalue weighted by Gasteiger charge is 2.35. The second kappa shape index (κ2) is 7.89. The highest BCUT2D eigenvalue weighted by Crippen LogP contribution is 2.33. The standard InChI is InChI=1S/C21H25F2NO4/c1-4-14-11-18(25)28-17-10-12(2)9-16(19(14)17)27-13(3)20(26)24-15-5-7-21(22,23)8-6-15/h9-11,13,15H,4-8H2,1-3H3,(H,24,26). The fourth-order valence-electron chi connectivity index (χ4n) is 3.59. The van der Waals surface area contributed by atoms with Gasteiger partial charge in [-0.1, -0.05) is 6.92 Å². The molecule has 152 valence electrons. The van der Waals surface area contributed by atoms with Gasteiger partial charge in [-0.05, 0) is 56.4 Å². The number of ether oxygens (including phenoxy) is 1. The second-order valence-electron chi connectivity index (χ2n) is 7.48. The van der Waals surface area contributed by atoms with Crippen LogP contribution in [-0.2, 0) is 11.2 Å². The Kier molecular flexibility index (Phi) is 5.72. The van der Waals surface area contributed by atoms with Gasteiger partial charge in [0.25, 0.3) is 5.91 Å². The Morgan fingerprint density at radius 3 is 2.64 bits per heavy atom. The van der Waals surface area contributed by atoms with E-state index in [4.69, 9.17) is 9.15 Å². The maximum Gasteiger partial charge on any atom is 0.336 e. The first-order valence-electron chi connectivity index (χ1n) is 9.61. The molecule has 1 unspecified atom stereocenters. The van der Waals surface area contributed by atoms with Crippen LogP contribution in [-0.4, -0.2) is 24.0 Å². The first-order valence-corrected chi connectivity index (χ1v) is 9.61. The van der Waals surface area contributed by atoms with Crippen LogP contribution in [0.2, 0.25) is 0 Å². The molecule has 1 aliphatic rings. The lowest BCUT2D eigenvalue weighted by molar-refractivity contribution is -0.129. The zero-order valence-electron chi connectivity index (χ0n) is 16.3.